The normalized spacial score (nSPS) is 23.1. The van der Waals surface area contributed by atoms with Crippen LogP contribution in [0, 0.1) is 0 Å². The van der Waals surface area contributed by atoms with Gasteiger partial charge in [0.2, 0.25) is 0 Å². The van der Waals surface area contributed by atoms with E-state index in [1.807, 2.05) is 49.1 Å². The number of carboxylic acid groups (broad SMARTS) is 1. The fourth-order valence-corrected chi connectivity index (χ4v) is 4.29. The van der Waals surface area contributed by atoms with Gasteiger partial charge in [-0.3, -0.25) is 9.59 Å². The molecule has 25 heavy (non-hydrogen) atoms. The first-order chi connectivity index (χ1) is 11.9. The van der Waals surface area contributed by atoms with E-state index in [1.54, 1.807) is 6.07 Å². The molecule has 1 fully saturated rings. The van der Waals surface area contributed by atoms with E-state index in [0.29, 0.717) is 30.5 Å². The van der Waals surface area contributed by atoms with Crippen molar-refractivity contribution in [2.75, 3.05) is 47.3 Å². The van der Waals surface area contributed by atoms with E-state index in [9.17, 15) is 14.7 Å². The molecule has 1 unspecified atom stereocenters. The van der Waals surface area contributed by atoms with Crippen LogP contribution in [0.15, 0.2) is 24.3 Å². The first-order valence-electron chi connectivity index (χ1n) is 8.84. The van der Waals surface area contributed by atoms with Crippen LogP contribution in [0.2, 0.25) is 0 Å². The monoisotopic (exact) mass is 345 g/mol. The van der Waals surface area contributed by atoms with Gasteiger partial charge in [0.05, 0.1) is 5.54 Å². The van der Waals surface area contributed by atoms with E-state index < -0.39 is 17.4 Å². The second-order valence-corrected chi connectivity index (χ2v) is 7.53. The lowest BCUT2D eigenvalue weighted by Crippen LogP contribution is -2.64. The molecule has 1 aromatic rings. The van der Waals surface area contributed by atoms with Crippen LogP contribution < -0.4 is 0 Å². The van der Waals surface area contributed by atoms with Crippen LogP contribution >= 0.6 is 0 Å². The number of carboxylic acids is 1. The summed E-state index contributed by atoms with van der Waals surface area (Å²) < 4.78 is 0. The van der Waals surface area contributed by atoms with E-state index in [0.717, 1.165) is 19.6 Å². The topological polar surface area (TPSA) is 64.1 Å². The number of carbonyl (C=O) groups is 2. The Balaban J connectivity index is 2.11. The Bertz CT molecular complexity index is 666. The lowest BCUT2D eigenvalue weighted by Gasteiger charge is -2.54. The molecule has 0 saturated carbocycles. The third kappa shape index (κ3) is 3.04. The first-order valence-corrected chi connectivity index (χ1v) is 8.84. The molecule has 0 radical (unpaired) electrons. The van der Waals surface area contributed by atoms with Crippen LogP contribution in [0.3, 0.4) is 0 Å². The highest BCUT2D eigenvalue weighted by Crippen LogP contribution is 2.46. The molecule has 6 nitrogen and oxygen atoms in total. The number of aliphatic carboxylic acids is 1. The van der Waals surface area contributed by atoms with Gasteiger partial charge in [0, 0.05) is 31.7 Å². The van der Waals surface area contributed by atoms with Crippen molar-refractivity contribution in [2.45, 2.75) is 24.3 Å². The summed E-state index contributed by atoms with van der Waals surface area (Å²) in [5.74, 6) is -1.53. The van der Waals surface area contributed by atoms with Gasteiger partial charge in [0.1, 0.15) is 5.92 Å². The van der Waals surface area contributed by atoms with Crippen molar-refractivity contribution in [3.05, 3.63) is 35.4 Å². The minimum absolute atomic E-state index is 0.0282. The van der Waals surface area contributed by atoms with Crippen molar-refractivity contribution < 1.29 is 14.7 Å². The molecule has 0 bridgehead atoms. The Morgan fingerprint density at radius 1 is 1.28 bits per heavy atom. The van der Waals surface area contributed by atoms with Gasteiger partial charge < -0.3 is 19.8 Å². The maximum atomic E-state index is 13.3. The molecule has 1 spiro atoms. The summed E-state index contributed by atoms with van der Waals surface area (Å²) in [4.78, 5) is 31.7. The fourth-order valence-electron chi connectivity index (χ4n) is 4.29. The van der Waals surface area contributed by atoms with E-state index in [4.69, 9.17) is 0 Å². The van der Waals surface area contributed by atoms with Gasteiger partial charge in [-0.1, -0.05) is 18.2 Å². The van der Waals surface area contributed by atoms with Crippen molar-refractivity contribution in [1.82, 2.24) is 14.7 Å². The Morgan fingerprint density at radius 3 is 2.52 bits per heavy atom. The van der Waals surface area contributed by atoms with Crippen LogP contribution in [0.5, 0.6) is 0 Å². The average Bonchev–Trinajstić information content (AvgIpc) is 2.57. The van der Waals surface area contributed by atoms with E-state index in [2.05, 4.69) is 4.90 Å². The number of hydrogen-bond donors (Lipinski definition) is 1. The van der Waals surface area contributed by atoms with Gasteiger partial charge in [-0.15, -0.1) is 0 Å². The molecular weight excluding hydrogens is 318 g/mol. The number of likely N-dealkylation sites (tertiary alicyclic amines) is 1. The Kier molecular flexibility index (Phi) is 4.84. The van der Waals surface area contributed by atoms with Crippen LogP contribution in [0.25, 0.3) is 0 Å². The van der Waals surface area contributed by atoms with Crippen molar-refractivity contribution in [1.29, 1.82) is 0 Å². The lowest BCUT2D eigenvalue weighted by molar-refractivity contribution is -0.144. The highest BCUT2D eigenvalue weighted by Gasteiger charge is 2.55. The molecule has 2 heterocycles. The fraction of sp³-hybridized carbons (Fsp3) is 0.579. The van der Waals surface area contributed by atoms with Crippen LogP contribution in [-0.4, -0.2) is 84.5 Å². The van der Waals surface area contributed by atoms with Crippen LogP contribution in [-0.2, 0) is 4.79 Å². The number of likely N-dealkylation sites (N-methyl/N-ethyl adjacent to an activating group) is 1. The first kappa shape index (κ1) is 17.9. The molecule has 136 valence electrons. The minimum Gasteiger partial charge on any atom is -0.481 e. The number of fused-ring (bicyclic) bond motifs is 1. The zero-order valence-electron chi connectivity index (χ0n) is 15.2. The van der Waals surface area contributed by atoms with Crippen molar-refractivity contribution in [3.63, 3.8) is 0 Å². The predicted molar refractivity (Wildman–Crippen MR) is 95.9 cm³/mol. The number of hydrogen-bond acceptors (Lipinski definition) is 4. The summed E-state index contributed by atoms with van der Waals surface area (Å²) in [5.41, 5.74) is 0.573. The third-order valence-electron chi connectivity index (χ3n) is 5.69. The van der Waals surface area contributed by atoms with Crippen molar-refractivity contribution >= 4 is 11.9 Å². The summed E-state index contributed by atoms with van der Waals surface area (Å²) >= 11 is 0. The molecule has 1 atom stereocenters. The third-order valence-corrected chi connectivity index (χ3v) is 5.69. The SMILES string of the molecule is CN(C)CCN1C(=O)c2ccccc2C(C(=O)O)C12CCN(C)CC2. The smallest absolute Gasteiger partial charge is 0.313 e. The Morgan fingerprint density at radius 2 is 1.92 bits per heavy atom. The average molecular weight is 345 g/mol. The molecule has 0 aromatic heterocycles. The second-order valence-electron chi connectivity index (χ2n) is 7.53. The number of carbonyl (C=O) groups excluding carboxylic acids is 1. The number of piperidine rings is 1. The number of nitrogens with zero attached hydrogens (tertiary/aromatic N) is 3. The standard InChI is InChI=1S/C19H27N3O3/c1-20(2)12-13-22-17(23)15-7-5-4-6-14(15)16(18(24)25)19(22)8-10-21(3)11-9-19/h4-7,16H,8-13H2,1-3H3,(H,24,25). The molecule has 0 aliphatic carbocycles. The van der Waals surface area contributed by atoms with E-state index in [1.165, 1.54) is 0 Å². The molecule has 3 rings (SSSR count). The van der Waals surface area contributed by atoms with Gasteiger partial charge in [-0.2, -0.15) is 0 Å². The summed E-state index contributed by atoms with van der Waals surface area (Å²) in [6.07, 6.45) is 1.38. The maximum absolute atomic E-state index is 13.3. The summed E-state index contributed by atoms with van der Waals surface area (Å²) in [7, 11) is 5.99. The predicted octanol–water partition coefficient (Wildman–Crippen LogP) is 1.34. The minimum atomic E-state index is -0.834. The molecule has 1 N–H and O–H groups in total. The largest absolute Gasteiger partial charge is 0.481 e. The molecular formula is C19H27N3O3. The van der Waals surface area contributed by atoms with Gasteiger partial charge >= 0.3 is 5.97 Å². The Hall–Kier alpha value is -1.92. The molecule has 2 aliphatic heterocycles. The summed E-state index contributed by atoms with van der Waals surface area (Å²) in [6, 6.07) is 7.22. The van der Waals surface area contributed by atoms with Gasteiger partial charge in [0.25, 0.3) is 5.91 Å². The number of benzene rings is 1. The lowest BCUT2D eigenvalue weighted by atomic mass is 9.68. The summed E-state index contributed by atoms with van der Waals surface area (Å²) in [6.45, 7) is 2.88. The number of rotatable bonds is 4. The van der Waals surface area contributed by atoms with E-state index in [-0.39, 0.29) is 5.91 Å². The molecule has 1 amide bonds. The second kappa shape index (κ2) is 6.77. The highest BCUT2D eigenvalue weighted by molar-refractivity contribution is 6.01. The van der Waals surface area contributed by atoms with Crippen molar-refractivity contribution in [2.24, 2.45) is 0 Å². The summed E-state index contributed by atoms with van der Waals surface area (Å²) in [5, 5.41) is 10.1. The maximum Gasteiger partial charge on any atom is 0.313 e. The van der Waals surface area contributed by atoms with Gasteiger partial charge in [0.15, 0.2) is 0 Å². The quantitative estimate of drug-likeness (QED) is 0.892. The zero-order valence-corrected chi connectivity index (χ0v) is 15.2. The van der Waals surface area contributed by atoms with Gasteiger partial charge in [-0.25, -0.2) is 0 Å². The molecule has 6 heteroatoms. The van der Waals surface area contributed by atoms with E-state index >= 15 is 0 Å². The number of amides is 1. The Labute approximate surface area is 149 Å². The molecule has 1 saturated heterocycles. The van der Waals surface area contributed by atoms with Crippen LogP contribution in [0.1, 0.15) is 34.7 Å². The van der Waals surface area contributed by atoms with Crippen LogP contribution in [0.4, 0.5) is 0 Å². The highest BCUT2D eigenvalue weighted by atomic mass is 16.4. The molecule has 1 aromatic carbocycles. The molecule has 2 aliphatic rings. The van der Waals surface area contributed by atoms with Crippen molar-refractivity contribution in [3.8, 4) is 0 Å². The van der Waals surface area contributed by atoms with Gasteiger partial charge in [-0.05, 0) is 45.6 Å². The zero-order chi connectivity index (χ0) is 18.2.